The highest BCUT2D eigenvalue weighted by Crippen LogP contribution is 2.52. The summed E-state index contributed by atoms with van der Waals surface area (Å²) in [5, 5.41) is 19.4. The summed E-state index contributed by atoms with van der Waals surface area (Å²) >= 11 is 0. The molecule has 17 heteroatoms. The van der Waals surface area contributed by atoms with E-state index < -0.39 is 6.10 Å². The van der Waals surface area contributed by atoms with Crippen molar-refractivity contribution in [1.82, 2.24) is 14.7 Å². The number of aryl methyl sites for hydroxylation is 1. The third-order valence-corrected chi connectivity index (χ3v) is 19.4. The zero-order valence-electron chi connectivity index (χ0n) is 48.9. The standard InChI is InChI=1S/C23H26FN3O2.C23H24FN3O2.C23H27N3O2/c2*24-16-8-6-15(7-9-16)21(28)5-2-11-26-12-10-20-18(13-26)17-3-1-4-19-23(17)27(20)14-22(29)25-19;1-16-6-8-17(9-7-16)28-13-3-11-25-12-10-21-19(14-25)18-4-2-5-20-23(18)26(21)15-22(27)24-20/h1,3-4,6-9,18,20-21,28H,2,5,10-14H2,(H,25,29);1,3-4,6-9,18,20H,2,5,10-14H2,(H,25,29);2,4-9,19,21H,3,10-15H2,1H3,(H,24,27)/t18-,20-,21?;18-,20-;19-,21-/m000/s1. The number of hydrogen-bond donors (Lipinski definition) is 4. The average Bonchev–Trinajstić information content (AvgIpc) is 2.38. The number of ether oxygens (including phenoxy) is 1. The van der Waals surface area contributed by atoms with Crippen molar-refractivity contribution in [3.63, 3.8) is 0 Å². The minimum absolute atomic E-state index is 0.0667. The third kappa shape index (κ3) is 11.9. The molecule has 0 bridgehead atoms. The fourth-order valence-electron chi connectivity index (χ4n) is 15.3. The number of nitrogens with one attached hydrogen (secondary N) is 3. The molecule has 86 heavy (non-hydrogen) atoms. The number of carbonyl (C=O) groups is 4. The number of fused-ring (bicyclic) bond motifs is 9. The molecule has 0 saturated carbocycles. The molecule has 4 N–H and O–H groups in total. The fourth-order valence-corrected chi connectivity index (χ4v) is 15.3. The average molecular weight is 1170 g/mol. The Bertz CT molecular complexity index is 3480. The second kappa shape index (κ2) is 25.0. The second-order valence-electron chi connectivity index (χ2n) is 24.8. The number of Topliss-reactive ketones (excluding diaryl/α,β-unsaturated/α-hetero) is 1. The number of piperidine rings is 3. The van der Waals surface area contributed by atoms with Gasteiger partial charge in [0.25, 0.3) is 0 Å². The van der Waals surface area contributed by atoms with Crippen LogP contribution < -0.4 is 35.4 Å². The Morgan fingerprint density at radius 2 is 0.965 bits per heavy atom. The van der Waals surface area contributed by atoms with Crippen molar-refractivity contribution < 1.29 is 37.8 Å². The second-order valence-corrected chi connectivity index (χ2v) is 24.8. The van der Waals surface area contributed by atoms with E-state index in [1.807, 2.05) is 42.5 Å². The van der Waals surface area contributed by atoms with Crippen LogP contribution in [0.2, 0.25) is 0 Å². The first kappa shape index (κ1) is 57.4. The molecule has 1 unspecified atom stereocenters. The summed E-state index contributed by atoms with van der Waals surface area (Å²) in [6, 6.07) is 40.2. The molecule has 3 fully saturated rings. The maximum absolute atomic E-state index is 13.0. The van der Waals surface area contributed by atoms with E-state index in [1.54, 1.807) is 24.3 Å². The molecule has 3 saturated heterocycles. The summed E-state index contributed by atoms with van der Waals surface area (Å²) in [5.41, 5.74) is 13.2. The third-order valence-electron chi connectivity index (χ3n) is 19.4. The van der Waals surface area contributed by atoms with Crippen LogP contribution in [0.4, 0.5) is 42.9 Å². The Morgan fingerprint density at radius 1 is 0.547 bits per heavy atom. The lowest BCUT2D eigenvalue weighted by Gasteiger charge is -2.39. The first-order valence-corrected chi connectivity index (χ1v) is 31.1. The van der Waals surface area contributed by atoms with E-state index in [1.165, 1.54) is 63.6 Å². The normalized spacial score (nSPS) is 23.3. The highest BCUT2D eigenvalue weighted by atomic mass is 19.1. The summed E-state index contributed by atoms with van der Waals surface area (Å²) < 4.78 is 31.9. The summed E-state index contributed by atoms with van der Waals surface area (Å²) in [5.74, 6) is 2.00. The molecule has 15 rings (SSSR count). The zero-order valence-corrected chi connectivity index (χ0v) is 48.9. The first-order valence-electron chi connectivity index (χ1n) is 31.1. The Labute approximate surface area is 502 Å². The largest absolute Gasteiger partial charge is 0.494 e. The molecule has 0 aromatic heterocycles. The van der Waals surface area contributed by atoms with Gasteiger partial charge in [-0.2, -0.15) is 0 Å². The molecule has 6 aromatic carbocycles. The van der Waals surface area contributed by atoms with Gasteiger partial charge in [-0.15, -0.1) is 0 Å². The monoisotopic (exact) mass is 1170 g/mol. The van der Waals surface area contributed by atoms with Crippen molar-refractivity contribution in [3.8, 4) is 5.75 Å². The topological polar surface area (TPSA) is 153 Å². The molecular formula is C69H77F2N9O6. The van der Waals surface area contributed by atoms with Crippen molar-refractivity contribution in [2.75, 3.05) is 116 Å². The summed E-state index contributed by atoms with van der Waals surface area (Å²) in [6.45, 7) is 13.2. The van der Waals surface area contributed by atoms with Crippen molar-refractivity contribution in [2.45, 2.75) is 100 Å². The Morgan fingerprint density at radius 3 is 1.42 bits per heavy atom. The van der Waals surface area contributed by atoms with Crippen molar-refractivity contribution in [2.24, 2.45) is 0 Å². The zero-order chi connectivity index (χ0) is 59.0. The van der Waals surface area contributed by atoms with E-state index in [2.05, 4.69) is 88.7 Å². The molecule has 0 aliphatic carbocycles. The van der Waals surface area contributed by atoms with Crippen LogP contribution in [-0.4, -0.2) is 147 Å². The molecular weight excluding hydrogens is 1090 g/mol. The van der Waals surface area contributed by atoms with Crippen LogP contribution in [0.15, 0.2) is 127 Å². The van der Waals surface area contributed by atoms with E-state index in [0.29, 0.717) is 73.9 Å². The van der Waals surface area contributed by atoms with Crippen LogP contribution in [0.3, 0.4) is 0 Å². The van der Waals surface area contributed by atoms with E-state index in [4.69, 9.17) is 4.74 Å². The minimum atomic E-state index is -0.551. The summed E-state index contributed by atoms with van der Waals surface area (Å²) in [4.78, 5) is 63.0. The van der Waals surface area contributed by atoms with Crippen LogP contribution in [-0.2, 0) is 14.4 Å². The van der Waals surface area contributed by atoms with Gasteiger partial charge in [0.1, 0.15) is 17.4 Å². The molecule has 7 atom stereocenters. The molecule has 448 valence electrons. The smallest absolute Gasteiger partial charge is 0.243 e. The predicted octanol–water partition coefficient (Wildman–Crippen LogP) is 10.1. The molecule has 15 nitrogen and oxygen atoms in total. The number of hydrogen-bond acceptors (Lipinski definition) is 12. The number of carbonyl (C=O) groups excluding carboxylic acids is 4. The Hall–Kier alpha value is -7.70. The van der Waals surface area contributed by atoms with Crippen LogP contribution in [0, 0.1) is 18.6 Å². The molecule has 9 aliphatic rings. The van der Waals surface area contributed by atoms with Crippen molar-refractivity contribution in [3.05, 3.63) is 172 Å². The number of aliphatic hydroxyl groups excluding tert-OH is 1. The first-order chi connectivity index (χ1) is 41.9. The van der Waals surface area contributed by atoms with Gasteiger partial charge in [0.15, 0.2) is 5.78 Å². The number of ketones is 1. The lowest BCUT2D eigenvalue weighted by atomic mass is 9.89. The number of para-hydroxylation sites is 3. The van der Waals surface area contributed by atoms with Gasteiger partial charge >= 0.3 is 0 Å². The highest BCUT2D eigenvalue weighted by molar-refractivity contribution is 6.05. The number of benzene rings is 6. The fraction of sp³-hybridized carbons (Fsp3) is 0.420. The van der Waals surface area contributed by atoms with Crippen molar-refractivity contribution in [1.29, 1.82) is 0 Å². The van der Waals surface area contributed by atoms with E-state index >= 15 is 0 Å². The molecule has 9 heterocycles. The summed E-state index contributed by atoms with van der Waals surface area (Å²) in [6.07, 6.45) is 6.50. The molecule has 9 aliphatic heterocycles. The number of nitrogens with zero attached hydrogens (tertiary/aromatic N) is 6. The van der Waals surface area contributed by atoms with Gasteiger partial charge in [-0.05, 0) is 154 Å². The number of anilines is 6. The highest BCUT2D eigenvalue weighted by Gasteiger charge is 2.48. The minimum Gasteiger partial charge on any atom is -0.494 e. The SMILES string of the molecule is Cc1ccc(OCCCN2CC[C@H]3[C@@H](C2)c2cccc4c2N3CC(=O)N4)cc1.O=C1CN2c3c(cccc3[C@@H]3CN(CCCC(=O)c4ccc(F)cc4)CC[C@@H]32)N1.O=C1CN2c3c(cccc3[C@@H]3CN(CCCC(O)c4ccc(F)cc4)CC[C@@H]32)N1. The molecule has 0 radical (unpaired) electrons. The predicted molar refractivity (Wildman–Crippen MR) is 332 cm³/mol. The van der Waals surface area contributed by atoms with E-state index in [9.17, 15) is 33.1 Å². The quantitative estimate of drug-likeness (QED) is 0.0572. The van der Waals surface area contributed by atoms with Crippen molar-refractivity contribution >= 4 is 57.6 Å². The van der Waals surface area contributed by atoms with Gasteiger partial charge in [0.2, 0.25) is 17.7 Å². The lowest BCUT2D eigenvalue weighted by molar-refractivity contribution is -0.116. The van der Waals surface area contributed by atoms with E-state index in [0.717, 1.165) is 132 Å². The number of amides is 3. The van der Waals surface area contributed by atoms with Gasteiger partial charge in [0, 0.05) is 93.7 Å². The maximum Gasteiger partial charge on any atom is 0.243 e. The van der Waals surface area contributed by atoms with Gasteiger partial charge in [-0.25, -0.2) is 8.78 Å². The molecule has 0 spiro atoms. The van der Waals surface area contributed by atoms with Gasteiger partial charge < -0.3 is 55.2 Å². The van der Waals surface area contributed by atoms with E-state index in [-0.39, 0.29) is 35.1 Å². The number of likely N-dealkylation sites (tertiary alicyclic amines) is 3. The van der Waals surface area contributed by atoms with Crippen LogP contribution in [0.5, 0.6) is 5.75 Å². The molecule has 6 aromatic rings. The van der Waals surface area contributed by atoms with Gasteiger partial charge in [-0.1, -0.05) is 66.2 Å². The number of halogens is 2. The van der Waals surface area contributed by atoms with Gasteiger partial charge in [0.05, 0.1) is 66.5 Å². The number of rotatable bonds is 15. The van der Waals surface area contributed by atoms with Crippen LogP contribution in [0.25, 0.3) is 0 Å². The Balaban J connectivity index is 0.000000120. The Kier molecular flexibility index (Phi) is 16.6. The molecule has 3 amide bonds. The van der Waals surface area contributed by atoms with Crippen LogP contribution >= 0.6 is 0 Å². The maximum atomic E-state index is 13.0. The summed E-state index contributed by atoms with van der Waals surface area (Å²) in [7, 11) is 0. The lowest BCUT2D eigenvalue weighted by Crippen LogP contribution is -2.49. The number of aliphatic hydroxyl groups is 1. The van der Waals surface area contributed by atoms with Crippen LogP contribution in [0.1, 0.15) is 113 Å². The van der Waals surface area contributed by atoms with Gasteiger partial charge in [-0.3, -0.25) is 19.2 Å².